The van der Waals surface area contributed by atoms with Crippen LogP contribution in [0.2, 0.25) is 0 Å². The summed E-state index contributed by atoms with van der Waals surface area (Å²) in [4.78, 5) is 14.1. The molecule has 1 aromatic rings. The predicted octanol–water partition coefficient (Wildman–Crippen LogP) is 3.36. The van der Waals surface area contributed by atoms with Gasteiger partial charge in [-0.25, -0.2) is 0 Å². The van der Waals surface area contributed by atoms with Gasteiger partial charge in [0, 0.05) is 19.1 Å². The Morgan fingerprint density at radius 3 is 2.68 bits per heavy atom. The molecule has 0 saturated heterocycles. The molecule has 4 heteroatoms. The molecule has 104 valence electrons. The highest BCUT2D eigenvalue weighted by molar-refractivity contribution is 7.07. The lowest BCUT2D eigenvalue weighted by atomic mass is 9.85. The molecule has 0 bridgehead atoms. The summed E-state index contributed by atoms with van der Waals surface area (Å²) in [5, 5.41) is 13.9. The average molecular weight is 279 g/mol. The molecule has 1 aromatic heterocycles. The molecular formula is C15H21NO2S. The molecule has 1 N–H and O–H groups in total. The third kappa shape index (κ3) is 2.84. The molecular weight excluding hydrogens is 258 g/mol. The Hall–Kier alpha value is -0.870. The van der Waals surface area contributed by atoms with Crippen LogP contribution in [-0.4, -0.2) is 28.6 Å². The highest BCUT2D eigenvalue weighted by atomic mass is 32.1. The minimum absolute atomic E-state index is 0.474. The molecule has 2 aliphatic rings. The molecule has 0 atom stereocenters. The van der Waals surface area contributed by atoms with Crippen LogP contribution >= 0.6 is 11.3 Å². The zero-order chi connectivity index (χ0) is 13.3. The Morgan fingerprint density at radius 1 is 1.42 bits per heavy atom. The van der Waals surface area contributed by atoms with Gasteiger partial charge in [0.15, 0.2) is 0 Å². The minimum atomic E-state index is -0.582. The van der Waals surface area contributed by atoms with E-state index in [1.54, 1.807) is 11.3 Å². The van der Waals surface area contributed by atoms with Gasteiger partial charge in [-0.1, -0.05) is 12.8 Å². The van der Waals surface area contributed by atoms with Crippen LogP contribution in [0.25, 0.3) is 0 Å². The Morgan fingerprint density at radius 2 is 2.16 bits per heavy atom. The van der Waals surface area contributed by atoms with Crippen LogP contribution in [0.5, 0.6) is 0 Å². The van der Waals surface area contributed by atoms with E-state index < -0.39 is 11.4 Å². The topological polar surface area (TPSA) is 40.5 Å². The van der Waals surface area contributed by atoms with E-state index in [1.807, 2.05) is 0 Å². The number of hydrogen-bond acceptors (Lipinski definition) is 3. The summed E-state index contributed by atoms with van der Waals surface area (Å²) in [6.07, 6.45) is 6.33. The van der Waals surface area contributed by atoms with Crippen molar-refractivity contribution >= 4 is 17.3 Å². The maximum Gasteiger partial charge on any atom is 0.310 e. The summed E-state index contributed by atoms with van der Waals surface area (Å²) in [7, 11) is 0. The van der Waals surface area contributed by atoms with Crippen molar-refractivity contribution in [3.63, 3.8) is 0 Å². The molecule has 3 rings (SSSR count). The third-order valence-corrected chi connectivity index (χ3v) is 5.28. The first-order chi connectivity index (χ1) is 9.20. The predicted molar refractivity (Wildman–Crippen MR) is 76.3 cm³/mol. The maximum absolute atomic E-state index is 11.7. The summed E-state index contributed by atoms with van der Waals surface area (Å²) in [6, 6.07) is 2.78. The lowest BCUT2D eigenvalue weighted by Gasteiger charge is -2.32. The third-order valence-electron chi connectivity index (χ3n) is 4.55. The number of aliphatic carboxylic acids is 1. The number of nitrogens with zero attached hydrogens (tertiary/aromatic N) is 1. The van der Waals surface area contributed by atoms with Crippen molar-refractivity contribution in [2.24, 2.45) is 5.41 Å². The first kappa shape index (κ1) is 13.1. The van der Waals surface area contributed by atoms with Gasteiger partial charge in [0.25, 0.3) is 0 Å². The largest absolute Gasteiger partial charge is 0.481 e. The molecule has 0 aromatic carbocycles. The Labute approximate surface area is 118 Å². The van der Waals surface area contributed by atoms with Crippen molar-refractivity contribution in [2.45, 2.75) is 51.1 Å². The fourth-order valence-corrected chi connectivity index (χ4v) is 3.91. The van der Waals surface area contributed by atoms with Gasteiger partial charge >= 0.3 is 5.97 Å². The van der Waals surface area contributed by atoms with Crippen molar-refractivity contribution in [1.82, 2.24) is 4.90 Å². The Balaban J connectivity index is 1.71. The van der Waals surface area contributed by atoms with Gasteiger partial charge in [-0.05, 0) is 48.1 Å². The molecule has 0 unspecified atom stereocenters. The van der Waals surface area contributed by atoms with E-state index in [2.05, 4.69) is 21.7 Å². The van der Waals surface area contributed by atoms with Crippen LogP contribution in [-0.2, 0) is 11.3 Å². The lowest BCUT2D eigenvalue weighted by Crippen LogP contribution is -2.42. The second-order valence-electron chi connectivity index (χ2n) is 6.06. The molecule has 0 radical (unpaired) electrons. The van der Waals surface area contributed by atoms with E-state index in [0.29, 0.717) is 6.04 Å². The van der Waals surface area contributed by atoms with Crippen LogP contribution in [0.15, 0.2) is 16.8 Å². The number of carboxylic acid groups (broad SMARTS) is 1. The van der Waals surface area contributed by atoms with Crippen molar-refractivity contribution in [3.05, 3.63) is 22.4 Å². The number of thiophene rings is 1. The molecule has 0 amide bonds. The monoisotopic (exact) mass is 279 g/mol. The van der Waals surface area contributed by atoms with Gasteiger partial charge in [0.05, 0.1) is 5.41 Å². The van der Waals surface area contributed by atoms with Crippen LogP contribution in [0, 0.1) is 5.41 Å². The molecule has 1 heterocycles. The Bertz CT molecular complexity index is 433. The second kappa shape index (κ2) is 5.25. The highest BCUT2D eigenvalue weighted by Crippen LogP contribution is 2.41. The number of hydrogen-bond donors (Lipinski definition) is 1. The summed E-state index contributed by atoms with van der Waals surface area (Å²) >= 11 is 1.72. The molecule has 3 nitrogen and oxygen atoms in total. The second-order valence-corrected chi connectivity index (χ2v) is 6.84. The fourth-order valence-electron chi connectivity index (χ4n) is 3.25. The molecule has 19 heavy (non-hydrogen) atoms. The number of carboxylic acids is 1. The van der Waals surface area contributed by atoms with Crippen molar-refractivity contribution in [1.29, 1.82) is 0 Å². The van der Waals surface area contributed by atoms with Gasteiger partial charge in [-0.15, -0.1) is 0 Å². The van der Waals surface area contributed by atoms with Crippen LogP contribution in [0.4, 0.5) is 0 Å². The van der Waals surface area contributed by atoms with Crippen LogP contribution in [0.3, 0.4) is 0 Å². The molecule has 2 saturated carbocycles. The zero-order valence-electron chi connectivity index (χ0n) is 11.2. The van der Waals surface area contributed by atoms with Gasteiger partial charge in [-0.2, -0.15) is 11.3 Å². The smallest absolute Gasteiger partial charge is 0.310 e. The molecule has 2 aliphatic carbocycles. The summed E-state index contributed by atoms with van der Waals surface area (Å²) in [5.41, 5.74) is 0.856. The van der Waals surface area contributed by atoms with Crippen molar-refractivity contribution < 1.29 is 9.90 Å². The minimum Gasteiger partial charge on any atom is -0.481 e. The quantitative estimate of drug-likeness (QED) is 0.868. The van der Waals surface area contributed by atoms with E-state index in [4.69, 9.17) is 0 Å². The SMILES string of the molecule is O=C(O)C1(CN(Cc2ccsc2)C2CC2)CCCC1. The number of carbonyl (C=O) groups is 1. The number of rotatable bonds is 6. The zero-order valence-corrected chi connectivity index (χ0v) is 12.0. The first-order valence-corrected chi connectivity index (χ1v) is 8.12. The summed E-state index contributed by atoms with van der Waals surface area (Å²) in [6.45, 7) is 1.66. The van der Waals surface area contributed by atoms with E-state index in [-0.39, 0.29) is 0 Å². The summed E-state index contributed by atoms with van der Waals surface area (Å²) < 4.78 is 0. The van der Waals surface area contributed by atoms with E-state index in [0.717, 1.165) is 38.8 Å². The molecule has 0 spiro atoms. The first-order valence-electron chi connectivity index (χ1n) is 7.18. The molecule has 0 aliphatic heterocycles. The van der Waals surface area contributed by atoms with E-state index in [1.165, 1.54) is 18.4 Å². The average Bonchev–Trinajstić information content (AvgIpc) is 2.90. The van der Waals surface area contributed by atoms with Crippen LogP contribution < -0.4 is 0 Å². The van der Waals surface area contributed by atoms with Crippen LogP contribution in [0.1, 0.15) is 44.1 Å². The van der Waals surface area contributed by atoms with Crippen molar-refractivity contribution in [2.75, 3.05) is 6.54 Å². The highest BCUT2D eigenvalue weighted by Gasteiger charge is 2.44. The fraction of sp³-hybridized carbons (Fsp3) is 0.667. The van der Waals surface area contributed by atoms with E-state index in [9.17, 15) is 9.90 Å². The van der Waals surface area contributed by atoms with Gasteiger partial charge in [0.2, 0.25) is 0 Å². The lowest BCUT2D eigenvalue weighted by molar-refractivity contribution is -0.150. The van der Waals surface area contributed by atoms with Gasteiger partial charge in [0.1, 0.15) is 0 Å². The van der Waals surface area contributed by atoms with Gasteiger partial charge in [-0.3, -0.25) is 9.69 Å². The van der Waals surface area contributed by atoms with Gasteiger partial charge < -0.3 is 5.11 Å². The van der Waals surface area contributed by atoms with Crippen molar-refractivity contribution in [3.8, 4) is 0 Å². The summed E-state index contributed by atoms with van der Waals surface area (Å²) in [5.74, 6) is -0.582. The normalized spacial score (nSPS) is 21.9. The standard InChI is InChI=1S/C15H21NO2S/c17-14(18)15(6-1-2-7-15)11-16(13-3-4-13)9-12-5-8-19-10-12/h5,8,10,13H,1-4,6-7,9,11H2,(H,17,18). The maximum atomic E-state index is 11.7. The van der Waals surface area contributed by atoms with E-state index >= 15 is 0 Å². The Kier molecular flexibility index (Phi) is 3.63. The molecule has 2 fully saturated rings.